The molecule has 2 atom stereocenters. The van der Waals surface area contributed by atoms with Gasteiger partial charge in [0.25, 0.3) is 5.91 Å². The summed E-state index contributed by atoms with van der Waals surface area (Å²) in [4.78, 5) is 46.6. The largest absolute Gasteiger partial charge is 0.496 e. The summed E-state index contributed by atoms with van der Waals surface area (Å²) >= 11 is 0. The molecule has 0 radical (unpaired) electrons. The number of hydrogen-bond acceptors (Lipinski definition) is 6. The number of Topliss-reactive ketones (excluding diaryl/α,β-unsaturated/α-hetero) is 1. The quantitative estimate of drug-likeness (QED) is 0.598. The molecule has 3 aliphatic rings. The van der Waals surface area contributed by atoms with Crippen molar-refractivity contribution >= 4 is 17.7 Å². The Bertz CT molecular complexity index is 1420. The number of likely N-dealkylation sites (N-methyl/N-ethyl adjacent to an activating group) is 1. The minimum Gasteiger partial charge on any atom is -0.496 e. The van der Waals surface area contributed by atoms with E-state index in [9.17, 15) is 19.5 Å². The SMILES string of the molecule is COc1ccc(-c2ccccn2)c(C(=O)O)c1[C@H]1C2=C(CC(C)(C)CC2=O)OC2=C1C(=O)N(C)[C@@H]2C(C)C. The van der Waals surface area contributed by atoms with Crippen molar-refractivity contribution in [1.82, 2.24) is 9.88 Å². The topological polar surface area (TPSA) is 106 Å². The van der Waals surface area contributed by atoms with E-state index in [1.165, 1.54) is 7.11 Å². The summed E-state index contributed by atoms with van der Waals surface area (Å²) in [7, 11) is 3.18. The fourth-order valence-electron chi connectivity index (χ4n) is 6.18. The van der Waals surface area contributed by atoms with Gasteiger partial charge in [0.2, 0.25) is 0 Å². The molecular weight excluding hydrogens is 484 g/mol. The number of hydrogen-bond donors (Lipinski definition) is 1. The Morgan fingerprint density at radius 2 is 1.89 bits per heavy atom. The average molecular weight is 517 g/mol. The Kier molecular flexibility index (Phi) is 6.16. The molecule has 1 amide bonds. The highest BCUT2D eigenvalue weighted by atomic mass is 16.5. The second-order valence-corrected chi connectivity index (χ2v) is 11.3. The lowest BCUT2D eigenvalue weighted by molar-refractivity contribution is -0.126. The van der Waals surface area contributed by atoms with E-state index in [4.69, 9.17) is 9.47 Å². The Morgan fingerprint density at radius 3 is 2.50 bits per heavy atom. The maximum absolute atomic E-state index is 13.8. The third kappa shape index (κ3) is 3.90. The molecule has 198 valence electrons. The van der Waals surface area contributed by atoms with Gasteiger partial charge in [-0.3, -0.25) is 14.6 Å². The fraction of sp³-hybridized carbons (Fsp3) is 0.400. The van der Waals surface area contributed by atoms with E-state index in [0.29, 0.717) is 40.3 Å². The first kappa shape index (κ1) is 25.7. The number of nitrogens with zero attached hydrogens (tertiary/aromatic N) is 2. The highest BCUT2D eigenvalue weighted by Gasteiger charge is 2.53. The van der Waals surface area contributed by atoms with Crippen LogP contribution in [-0.2, 0) is 14.3 Å². The minimum absolute atomic E-state index is 0.0345. The zero-order chi connectivity index (χ0) is 27.5. The number of methoxy groups -OCH3 is 1. The molecule has 8 nitrogen and oxygen atoms in total. The molecule has 1 aliphatic carbocycles. The zero-order valence-corrected chi connectivity index (χ0v) is 22.5. The van der Waals surface area contributed by atoms with Gasteiger partial charge in [0.15, 0.2) is 5.78 Å². The van der Waals surface area contributed by atoms with Gasteiger partial charge >= 0.3 is 5.97 Å². The van der Waals surface area contributed by atoms with Gasteiger partial charge in [0, 0.05) is 42.8 Å². The van der Waals surface area contributed by atoms with E-state index in [0.717, 1.165) is 0 Å². The van der Waals surface area contributed by atoms with Crippen LogP contribution in [0.4, 0.5) is 0 Å². The smallest absolute Gasteiger partial charge is 0.336 e. The number of carbonyl (C=O) groups is 3. The Labute approximate surface area is 222 Å². The maximum atomic E-state index is 13.8. The fourth-order valence-corrected chi connectivity index (χ4v) is 6.18. The molecule has 0 saturated heterocycles. The molecule has 0 saturated carbocycles. The molecule has 2 aromatic rings. The van der Waals surface area contributed by atoms with Crippen LogP contribution < -0.4 is 4.74 Å². The number of benzene rings is 1. The van der Waals surface area contributed by atoms with Gasteiger partial charge in [-0.25, -0.2) is 4.79 Å². The maximum Gasteiger partial charge on any atom is 0.336 e. The van der Waals surface area contributed by atoms with Crippen molar-refractivity contribution in [2.75, 3.05) is 14.2 Å². The molecule has 2 aliphatic heterocycles. The van der Waals surface area contributed by atoms with E-state index >= 15 is 0 Å². The summed E-state index contributed by atoms with van der Waals surface area (Å²) in [5.74, 6) is -1.26. The predicted molar refractivity (Wildman–Crippen MR) is 140 cm³/mol. The number of carboxylic acid groups (broad SMARTS) is 1. The Morgan fingerprint density at radius 1 is 1.16 bits per heavy atom. The molecule has 1 aromatic carbocycles. The third-order valence-corrected chi connectivity index (χ3v) is 7.69. The number of allylic oxidation sites excluding steroid dienone is 2. The normalized spacial score (nSPS) is 22.4. The number of carbonyl (C=O) groups excluding carboxylic acids is 2. The van der Waals surface area contributed by atoms with Crippen molar-refractivity contribution in [3.63, 3.8) is 0 Å². The summed E-state index contributed by atoms with van der Waals surface area (Å²) in [6.45, 7) is 8.03. The number of carboxylic acids is 1. The van der Waals surface area contributed by atoms with E-state index in [-0.39, 0.29) is 52.4 Å². The van der Waals surface area contributed by atoms with Crippen LogP contribution in [0, 0.1) is 11.3 Å². The van der Waals surface area contributed by atoms with Gasteiger partial charge in [0.05, 0.1) is 35.9 Å². The van der Waals surface area contributed by atoms with Crippen molar-refractivity contribution < 1.29 is 29.0 Å². The molecule has 5 rings (SSSR count). The molecule has 0 bridgehead atoms. The predicted octanol–water partition coefficient (Wildman–Crippen LogP) is 4.96. The summed E-state index contributed by atoms with van der Waals surface area (Å²) in [5, 5.41) is 10.6. The van der Waals surface area contributed by atoms with E-state index in [1.807, 2.05) is 27.7 Å². The molecule has 1 N–H and O–H groups in total. The molecule has 38 heavy (non-hydrogen) atoms. The second-order valence-electron chi connectivity index (χ2n) is 11.3. The van der Waals surface area contributed by atoms with Gasteiger partial charge < -0.3 is 19.5 Å². The van der Waals surface area contributed by atoms with Crippen LogP contribution in [-0.4, -0.2) is 52.8 Å². The monoisotopic (exact) mass is 516 g/mol. The van der Waals surface area contributed by atoms with Gasteiger partial charge in [0.1, 0.15) is 17.3 Å². The van der Waals surface area contributed by atoms with Gasteiger partial charge in [-0.1, -0.05) is 33.8 Å². The van der Waals surface area contributed by atoms with Gasteiger partial charge in [-0.15, -0.1) is 0 Å². The lowest BCUT2D eigenvalue weighted by Gasteiger charge is -2.39. The summed E-state index contributed by atoms with van der Waals surface area (Å²) in [6, 6.07) is 8.26. The van der Waals surface area contributed by atoms with E-state index < -0.39 is 11.9 Å². The molecule has 3 heterocycles. The first-order chi connectivity index (χ1) is 18.0. The van der Waals surface area contributed by atoms with Crippen LogP contribution >= 0.6 is 0 Å². The van der Waals surface area contributed by atoms with Crippen molar-refractivity contribution in [2.45, 2.75) is 52.5 Å². The van der Waals surface area contributed by atoms with Crippen LogP contribution in [0.2, 0.25) is 0 Å². The van der Waals surface area contributed by atoms with Crippen molar-refractivity contribution in [2.24, 2.45) is 11.3 Å². The lowest BCUT2D eigenvalue weighted by Crippen LogP contribution is -2.36. The molecule has 0 unspecified atom stereocenters. The number of pyridine rings is 1. The number of amides is 1. The molecule has 8 heteroatoms. The Hall–Kier alpha value is -3.94. The van der Waals surface area contributed by atoms with Crippen LogP contribution in [0.25, 0.3) is 11.3 Å². The van der Waals surface area contributed by atoms with Gasteiger partial charge in [-0.2, -0.15) is 0 Å². The van der Waals surface area contributed by atoms with Crippen LogP contribution in [0.1, 0.15) is 62.4 Å². The number of ketones is 1. The third-order valence-electron chi connectivity index (χ3n) is 7.69. The molecular formula is C30H32N2O6. The van der Waals surface area contributed by atoms with E-state index in [2.05, 4.69) is 4.98 Å². The minimum atomic E-state index is -1.20. The van der Waals surface area contributed by atoms with Crippen molar-refractivity contribution in [3.8, 4) is 17.0 Å². The van der Waals surface area contributed by atoms with Crippen molar-refractivity contribution in [3.05, 3.63) is 70.3 Å². The van der Waals surface area contributed by atoms with Crippen LogP contribution in [0.3, 0.4) is 0 Å². The highest BCUT2D eigenvalue weighted by molar-refractivity contribution is 6.08. The number of aromatic nitrogens is 1. The molecule has 0 fully saturated rings. The van der Waals surface area contributed by atoms with Gasteiger partial charge in [-0.05, 0) is 35.6 Å². The van der Waals surface area contributed by atoms with E-state index in [1.54, 1.807) is 48.5 Å². The number of aromatic carboxylic acids is 1. The summed E-state index contributed by atoms with van der Waals surface area (Å²) < 4.78 is 12.2. The molecule has 1 aromatic heterocycles. The van der Waals surface area contributed by atoms with Crippen LogP contribution in [0.15, 0.2) is 59.2 Å². The lowest BCUT2D eigenvalue weighted by atomic mass is 9.68. The Balaban J connectivity index is 1.88. The number of ether oxygens (including phenoxy) is 2. The number of rotatable bonds is 5. The molecule has 0 spiro atoms. The summed E-state index contributed by atoms with van der Waals surface area (Å²) in [5.41, 5.74) is 1.38. The van der Waals surface area contributed by atoms with Crippen LogP contribution in [0.5, 0.6) is 5.75 Å². The summed E-state index contributed by atoms with van der Waals surface area (Å²) in [6.07, 6.45) is 2.35. The zero-order valence-electron chi connectivity index (χ0n) is 22.5. The first-order valence-corrected chi connectivity index (χ1v) is 12.8. The second kappa shape index (κ2) is 9.11. The standard InChI is InChI=1S/C30H32N2O6/c1-15(2)26-27-25(28(34)32(26)5)24(22-18(33)13-30(3,4)14-20(22)38-27)23-19(37-6)11-10-16(21(23)29(35)36)17-9-7-8-12-31-17/h7-12,15,24,26H,13-14H2,1-6H3,(H,35,36)/t24-,26-/m1/s1. The first-order valence-electron chi connectivity index (χ1n) is 12.8. The highest BCUT2D eigenvalue weighted by Crippen LogP contribution is 2.55. The van der Waals surface area contributed by atoms with Crippen molar-refractivity contribution in [1.29, 1.82) is 0 Å². The average Bonchev–Trinajstić information content (AvgIpc) is 3.11.